The lowest BCUT2D eigenvalue weighted by atomic mass is 10.1. The minimum Gasteiger partial charge on any atom is -0.486 e. The molecular formula is C25H26ClN3O2. The summed E-state index contributed by atoms with van der Waals surface area (Å²) in [7, 11) is 0. The van der Waals surface area contributed by atoms with Crippen LogP contribution in [0.2, 0.25) is 5.02 Å². The Morgan fingerprint density at radius 2 is 1.77 bits per heavy atom. The lowest BCUT2D eigenvalue weighted by Gasteiger charge is -2.26. The standard InChI is InChI=1S/C25H26ClN3O2/c26-21-7-9-24-23(17-21)27-25(29(24)11-3-10-28-12-14-30-15-13-28)18-31-22-8-6-19-4-1-2-5-20(19)16-22/h1-2,4-9,16-17H,3,10-15,18H2. The van der Waals surface area contributed by atoms with Crippen LogP contribution in [0, 0.1) is 0 Å². The number of hydrogen-bond acceptors (Lipinski definition) is 4. The van der Waals surface area contributed by atoms with Crippen LogP contribution in [0.25, 0.3) is 21.8 Å². The predicted octanol–water partition coefficient (Wildman–Crippen LogP) is 5.14. The summed E-state index contributed by atoms with van der Waals surface area (Å²) in [6.07, 6.45) is 1.05. The first-order chi connectivity index (χ1) is 15.3. The summed E-state index contributed by atoms with van der Waals surface area (Å²) in [4.78, 5) is 7.30. The fourth-order valence-electron chi connectivity index (χ4n) is 4.19. The maximum Gasteiger partial charge on any atom is 0.147 e. The number of morpholine rings is 1. The van der Waals surface area contributed by atoms with E-state index in [-0.39, 0.29) is 0 Å². The van der Waals surface area contributed by atoms with Gasteiger partial charge in [-0.25, -0.2) is 4.98 Å². The Kier molecular flexibility index (Phi) is 6.07. The second kappa shape index (κ2) is 9.27. The number of rotatable bonds is 7. The second-order valence-corrected chi connectivity index (χ2v) is 8.35. The van der Waals surface area contributed by atoms with Crippen LogP contribution in [-0.4, -0.2) is 47.3 Å². The minimum absolute atomic E-state index is 0.419. The molecule has 0 saturated carbocycles. The van der Waals surface area contributed by atoms with Crippen molar-refractivity contribution in [1.82, 2.24) is 14.5 Å². The molecule has 0 unspecified atom stereocenters. The zero-order valence-corrected chi connectivity index (χ0v) is 18.2. The van der Waals surface area contributed by atoms with E-state index < -0.39 is 0 Å². The first-order valence-electron chi connectivity index (χ1n) is 10.8. The largest absolute Gasteiger partial charge is 0.486 e. The average Bonchev–Trinajstić information content (AvgIpc) is 3.14. The van der Waals surface area contributed by atoms with Gasteiger partial charge in [-0.1, -0.05) is 41.9 Å². The molecule has 0 spiro atoms. The van der Waals surface area contributed by atoms with Gasteiger partial charge in [0, 0.05) is 31.2 Å². The molecule has 0 aliphatic carbocycles. The fraction of sp³-hybridized carbons (Fsp3) is 0.320. The van der Waals surface area contributed by atoms with E-state index >= 15 is 0 Å². The van der Waals surface area contributed by atoms with Crippen LogP contribution in [0.3, 0.4) is 0 Å². The Bertz CT molecular complexity index is 1180. The highest BCUT2D eigenvalue weighted by Gasteiger charge is 2.14. The van der Waals surface area contributed by atoms with Gasteiger partial charge >= 0.3 is 0 Å². The lowest BCUT2D eigenvalue weighted by molar-refractivity contribution is 0.0369. The molecule has 4 aromatic rings. The first-order valence-corrected chi connectivity index (χ1v) is 11.2. The summed E-state index contributed by atoms with van der Waals surface area (Å²) in [6.45, 7) is 6.06. The molecule has 0 radical (unpaired) electrons. The van der Waals surface area contributed by atoms with E-state index in [1.54, 1.807) is 0 Å². The van der Waals surface area contributed by atoms with Gasteiger partial charge in [0.1, 0.15) is 18.2 Å². The molecule has 5 rings (SSSR count). The van der Waals surface area contributed by atoms with Crippen LogP contribution >= 0.6 is 11.6 Å². The number of aromatic nitrogens is 2. The van der Waals surface area contributed by atoms with Crippen LogP contribution in [0.5, 0.6) is 5.75 Å². The molecule has 31 heavy (non-hydrogen) atoms. The van der Waals surface area contributed by atoms with Crippen molar-refractivity contribution < 1.29 is 9.47 Å². The molecular weight excluding hydrogens is 410 g/mol. The second-order valence-electron chi connectivity index (χ2n) is 7.92. The summed E-state index contributed by atoms with van der Waals surface area (Å²) < 4.78 is 13.9. The molecule has 1 aliphatic heterocycles. The molecule has 1 saturated heterocycles. The number of ether oxygens (including phenoxy) is 2. The third-order valence-electron chi connectivity index (χ3n) is 5.84. The van der Waals surface area contributed by atoms with Crippen molar-refractivity contribution in [3.8, 4) is 5.75 Å². The van der Waals surface area contributed by atoms with Gasteiger partial charge in [0.2, 0.25) is 0 Å². The van der Waals surface area contributed by atoms with Crippen LogP contribution in [0.1, 0.15) is 12.2 Å². The Morgan fingerprint density at radius 1 is 0.935 bits per heavy atom. The van der Waals surface area contributed by atoms with E-state index in [2.05, 4.69) is 39.8 Å². The lowest BCUT2D eigenvalue weighted by Crippen LogP contribution is -2.37. The number of fused-ring (bicyclic) bond motifs is 2. The van der Waals surface area contributed by atoms with Gasteiger partial charge in [-0.2, -0.15) is 0 Å². The minimum atomic E-state index is 0.419. The summed E-state index contributed by atoms with van der Waals surface area (Å²) in [5.41, 5.74) is 2.01. The highest BCUT2D eigenvalue weighted by Crippen LogP contribution is 2.24. The van der Waals surface area contributed by atoms with Crippen LogP contribution in [0.4, 0.5) is 0 Å². The van der Waals surface area contributed by atoms with E-state index in [1.165, 1.54) is 10.8 Å². The number of halogens is 1. The highest BCUT2D eigenvalue weighted by atomic mass is 35.5. The normalized spacial score (nSPS) is 15.0. The molecule has 1 aliphatic rings. The van der Waals surface area contributed by atoms with Gasteiger partial charge in [-0.05, 0) is 47.5 Å². The summed E-state index contributed by atoms with van der Waals surface area (Å²) in [6, 6.07) is 20.4. The number of aryl methyl sites for hydroxylation is 1. The van der Waals surface area contributed by atoms with Crippen LogP contribution in [0.15, 0.2) is 60.7 Å². The first kappa shape index (κ1) is 20.3. The third-order valence-corrected chi connectivity index (χ3v) is 6.07. The maximum absolute atomic E-state index is 6.22. The van der Waals surface area contributed by atoms with Gasteiger partial charge in [-0.15, -0.1) is 0 Å². The maximum atomic E-state index is 6.22. The van der Waals surface area contributed by atoms with Crippen molar-refractivity contribution >= 4 is 33.4 Å². The number of nitrogens with zero attached hydrogens (tertiary/aromatic N) is 3. The zero-order chi connectivity index (χ0) is 21.0. The van der Waals surface area contributed by atoms with Gasteiger partial charge in [0.15, 0.2) is 0 Å². The van der Waals surface area contributed by atoms with E-state index in [1.807, 2.05) is 30.3 Å². The molecule has 1 fully saturated rings. The van der Waals surface area contributed by atoms with Crippen molar-refractivity contribution in [2.45, 2.75) is 19.6 Å². The molecule has 3 aromatic carbocycles. The van der Waals surface area contributed by atoms with Crippen LogP contribution in [-0.2, 0) is 17.9 Å². The highest BCUT2D eigenvalue weighted by molar-refractivity contribution is 6.31. The van der Waals surface area contributed by atoms with Crippen molar-refractivity contribution in [2.75, 3.05) is 32.8 Å². The van der Waals surface area contributed by atoms with Gasteiger partial charge in [0.05, 0.1) is 24.2 Å². The smallest absolute Gasteiger partial charge is 0.147 e. The van der Waals surface area contributed by atoms with E-state index in [0.717, 1.165) is 68.4 Å². The quantitative estimate of drug-likeness (QED) is 0.402. The van der Waals surface area contributed by atoms with E-state index in [4.69, 9.17) is 26.1 Å². The summed E-state index contributed by atoms with van der Waals surface area (Å²) >= 11 is 6.22. The molecule has 160 valence electrons. The van der Waals surface area contributed by atoms with Crippen molar-refractivity contribution in [3.63, 3.8) is 0 Å². The third kappa shape index (κ3) is 4.69. The Labute approximate surface area is 187 Å². The molecule has 1 aromatic heterocycles. The summed E-state index contributed by atoms with van der Waals surface area (Å²) in [5.74, 6) is 1.77. The Morgan fingerprint density at radius 3 is 2.65 bits per heavy atom. The SMILES string of the molecule is Clc1ccc2c(c1)nc(COc1ccc3ccccc3c1)n2CCCN1CCOCC1. The molecule has 0 N–H and O–H groups in total. The van der Waals surface area contributed by atoms with Crippen molar-refractivity contribution in [2.24, 2.45) is 0 Å². The monoisotopic (exact) mass is 435 g/mol. The molecule has 0 bridgehead atoms. The molecule has 5 nitrogen and oxygen atoms in total. The Balaban J connectivity index is 1.34. The Hall–Kier alpha value is -2.60. The molecule has 0 amide bonds. The number of benzene rings is 3. The zero-order valence-electron chi connectivity index (χ0n) is 17.5. The number of hydrogen-bond donors (Lipinski definition) is 0. The van der Waals surface area contributed by atoms with Crippen LogP contribution < -0.4 is 4.74 Å². The van der Waals surface area contributed by atoms with Gasteiger partial charge in [-0.3, -0.25) is 4.90 Å². The van der Waals surface area contributed by atoms with E-state index in [9.17, 15) is 0 Å². The fourth-order valence-corrected chi connectivity index (χ4v) is 4.36. The van der Waals surface area contributed by atoms with Crippen molar-refractivity contribution in [1.29, 1.82) is 0 Å². The summed E-state index contributed by atoms with van der Waals surface area (Å²) in [5, 5.41) is 3.08. The number of imidazole rings is 1. The van der Waals surface area contributed by atoms with Gasteiger partial charge < -0.3 is 14.0 Å². The topological polar surface area (TPSA) is 39.5 Å². The van der Waals surface area contributed by atoms with Crippen molar-refractivity contribution in [3.05, 3.63) is 71.5 Å². The molecule has 6 heteroatoms. The molecule has 0 atom stereocenters. The predicted molar refractivity (Wildman–Crippen MR) is 125 cm³/mol. The van der Waals surface area contributed by atoms with E-state index in [0.29, 0.717) is 11.6 Å². The van der Waals surface area contributed by atoms with Gasteiger partial charge in [0.25, 0.3) is 0 Å². The average molecular weight is 436 g/mol. The molecule has 2 heterocycles.